The van der Waals surface area contributed by atoms with Crippen LogP contribution in [0.25, 0.3) is 0 Å². The van der Waals surface area contributed by atoms with Crippen molar-refractivity contribution in [3.63, 3.8) is 0 Å². The van der Waals surface area contributed by atoms with Crippen LogP contribution in [-0.2, 0) is 4.74 Å². The van der Waals surface area contributed by atoms with Crippen LogP contribution < -0.4 is 10.1 Å². The van der Waals surface area contributed by atoms with E-state index in [-0.39, 0.29) is 5.60 Å². The molecule has 1 N–H and O–H groups in total. The van der Waals surface area contributed by atoms with E-state index in [4.69, 9.17) is 9.47 Å². The van der Waals surface area contributed by atoms with E-state index in [9.17, 15) is 0 Å². The van der Waals surface area contributed by atoms with Crippen LogP contribution in [0.4, 0.5) is 0 Å². The van der Waals surface area contributed by atoms with E-state index >= 15 is 0 Å². The zero-order valence-electron chi connectivity index (χ0n) is 13.7. The van der Waals surface area contributed by atoms with E-state index < -0.39 is 0 Å². The molecule has 0 fully saturated rings. The molecule has 1 aliphatic heterocycles. The van der Waals surface area contributed by atoms with Gasteiger partial charge in [-0.1, -0.05) is 18.2 Å². The van der Waals surface area contributed by atoms with Crippen molar-refractivity contribution in [1.29, 1.82) is 0 Å². The van der Waals surface area contributed by atoms with Gasteiger partial charge in [-0.25, -0.2) is 0 Å². The van der Waals surface area contributed by atoms with Gasteiger partial charge in [-0.2, -0.15) is 0 Å². The van der Waals surface area contributed by atoms with Crippen molar-refractivity contribution >= 4 is 0 Å². The quantitative estimate of drug-likeness (QED) is 0.783. The molecule has 4 nitrogen and oxygen atoms in total. The third-order valence-electron chi connectivity index (χ3n) is 3.70. The van der Waals surface area contributed by atoms with Crippen LogP contribution >= 0.6 is 0 Å². The molecule has 118 valence electrons. The Morgan fingerprint density at radius 3 is 2.81 bits per heavy atom. The first kappa shape index (κ1) is 16.3. The van der Waals surface area contributed by atoms with Crippen molar-refractivity contribution < 1.29 is 9.47 Å². The van der Waals surface area contributed by atoms with Gasteiger partial charge in [-0.05, 0) is 34.0 Å². The molecule has 1 atom stereocenters. The third-order valence-corrected chi connectivity index (χ3v) is 3.70. The molecule has 0 saturated carbocycles. The molecule has 2 rings (SSSR count). The third kappa shape index (κ3) is 4.99. The minimum Gasteiger partial charge on any atom is -0.487 e. The lowest BCUT2D eigenvalue weighted by atomic mass is 9.90. The van der Waals surface area contributed by atoms with Crippen LogP contribution in [0.5, 0.6) is 5.75 Å². The highest BCUT2D eigenvalue weighted by Crippen LogP contribution is 2.38. The van der Waals surface area contributed by atoms with Gasteiger partial charge in [0.05, 0.1) is 13.2 Å². The Bertz CT molecular complexity index is 446. The van der Waals surface area contributed by atoms with Crippen molar-refractivity contribution in [2.75, 3.05) is 40.4 Å². The Morgan fingerprint density at radius 1 is 1.29 bits per heavy atom. The minimum atomic E-state index is -0.127. The highest BCUT2D eigenvalue weighted by atomic mass is 16.5. The Kier molecular flexibility index (Phi) is 5.62. The second-order valence-corrected chi connectivity index (χ2v) is 6.53. The highest BCUT2D eigenvalue weighted by Gasteiger charge is 2.32. The zero-order valence-corrected chi connectivity index (χ0v) is 13.7. The molecule has 0 spiro atoms. The number of fused-ring (bicyclic) bond motifs is 1. The number of para-hydroxylation sites is 1. The molecule has 0 aliphatic carbocycles. The number of nitrogens with zero attached hydrogens (tertiary/aromatic N) is 1. The number of benzene rings is 1. The Labute approximate surface area is 128 Å². The molecule has 1 unspecified atom stereocenters. The number of hydrogen-bond acceptors (Lipinski definition) is 4. The van der Waals surface area contributed by atoms with E-state index in [1.165, 1.54) is 5.56 Å². The molecule has 0 bridgehead atoms. The van der Waals surface area contributed by atoms with Gasteiger partial charge in [0.25, 0.3) is 0 Å². The molecule has 0 amide bonds. The summed E-state index contributed by atoms with van der Waals surface area (Å²) in [4.78, 5) is 2.13. The largest absolute Gasteiger partial charge is 0.487 e. The lowest BCUT2D eigenvalue weighted by Crippen LogP contribution is -2.40. The van der Waals surface area contributed by atoms with E-state index in [0.717, 1.165) is 38.5 Å². The average Bonchev–Trinajstić information content (AvgIpc) is 2.41. The average molecular weight is 292 g/mol. The summed E-state index contributed by atoms with van der Waals surface area (Å²) in [5, 5.41) is 3.60. The summed E-state index contributed by atoms with van der Waals surface area (Å²) in [7, 11) is 4.12. The van der Waals surface area contributed by atoms with E-state index in [0.29, 0.717) is 6.04 Å². The normalized spacial score (nSPS) is 20.1. The number of hydrogen-bond donors (Lipinski definition) is 1. The molecule has 0 aromatic heterocycles. The monoisotopic (exact) mass is 292 g/mol. The van der Waals surface area contributed by atoms with E-state index in [1.54, 1.807) is 0 Å². The summed E-state index contributed by atoms with van der Waals surface area (Å²) in [6, 6.07) is 8.64. The predicted molar refractivity (Wildman–Crippen MR) is 85.9 cm³/mol. The number of rotatable bonds is 7. The summed E-state index contributed by atoms with van der Waals surface area (Å²) in [5.74, 6) is 1.000. The lowest BCUT2D eigenvalue weighted by molar-refractivity contribution is 0.0620. The van der Waals surface area contributed by atoms with Gasteiger partial charge < -0.3 is 19.7 Å². The molecule has 0 radical (unpaired) electrons. The Balaban J connectivity index is 1.83. The van der Waals surface area contributed by atoms with Gasteiger partial charge in [0.2, 0.25) is 0 Å². The first-order valence-corrected chi connectivity index (χ1v) is 7.72. The van der Waals surface area contributed by atoms with Crippen LogP contribution in [0.2, 0.25) is 0 Å². The Morgan fingerprint density at radius 2 is 2.05 bits per heavy atom. The van der Waals surface area contributed by atoms with Crippen LogP contribution in [-0.4, -0.2) is 50.9 Å². The summed E-state index contributed by atoms with van der Waals surface area (Å²) in [5.41, 5.74) is 1.13. The second kappa shape index (κ2) is 7.25. The van der Waals surface area contributed by atoms with Crippen molar-refractivity contribution in [2.24, 2.45) is 0 Å². The maximum atomic E-state index is 6.04. The first-order valence-electron chi connectivity index (χ1n) is 7.72. The summed E-state index contributed by atoms with van der Waals surface area (Å²) in [6.45, 7) is 7.64. The van der Waals surface area contributed by atoms with Gasteiger partial charge in [0, 0.05) is 31.1 Å². The minimum absolute atomic E-state index is 0.127. The molecular weight excluding hydrogens is 264 g/mol. The molecular formula is C17H28N2O2. The fourth-order valence-corrected chi connectivity index (χ4v) is 2.64. The summed E-state index contributed by atoms with van der Waals surface area (Å²) >= 11 is 0. The molecule has 1 aromatic rings. The van der Waals surface area contributed by atoms with E-state index in [2.05, 4.69) is 56.4 Å². The lowest BCUT2D eigenvalue weighted by Gasteiger charge is -2.38. The molecule has 1 aromatic carbocycles. The fourth-order valence-electron chi connectivity index (χ4n) is 2.64. The van der Waals surface area contributed by atoms with Gasteiger partial charge >= 0.3 is 0 Å². The molecule has 1 aliphatic rings. The first-order chi connectivity index (χ1) is 9.98. The van der Waals surface area contributed by atoms with Gasteiger partial charge in [-0.3, -0.25) is 0 Å². The van der Waals surface area contributed by atoms with Crippen LogP contribution in [0.1, 0.15) is 31.9 Å². The number of nitrogens with one attached hydrogen (secondary N) is 1. The maximum absolute atomic E-state index is 6.04. The van der Waals surface area contributed by atoms with Crippen molar-refractivity contribution in [3.8, 4) is 5.75 Å². The molecule has 0 saturated heterocycles. The van der Waals surface area contributed by atoms with Gasteiger partial charge in [-0.15, -0.1) is 0 Å². The standard InChI is InChI=1S/C17H28N2O2/c1-17(2)13-15(14-7-5-6-8-16(14)21-17)18-9-11-20-12-10-19(3)4/h5-8,15,18H,9-13H2,1-4H3. The zero-order chi connectivity index (χ0) is 15.3. The van der Waals surface area contributed by atoms with Crippen LogP contribution in [0, 0.1) is 0 Å². The molecule has 21 heavy (non-hydrogen) atoms. The SMILES string of the molecule is CN(C)CCOCCNC1CC(C)(C)Oc2ccccc21. The Hall–Kier alpha value is -1.10. The van der Waals surface area contributed by atoms with Crippen LogP contribution in [0.3, 0.4) is 0 Å². The van der Waals surface area contributed by atoms with Crippen LogP contribution in [0.15, 0.2) is 24.3 Å². The number of ether oxygens (including phenoxy) is 2. The van der Waals surface area contributed by atoms with Gasteiger partial charge in [0.1, 0.15) is 11.4 Å². The van der Waals surface area contributed by atoms with Gasteiger partial charge in [0.15, 0.2) is 0 Å². The van der Waals surface area contributed by atoms with E-state index in [1.807, 2.05) is 6.07 Å². The molecule has 1 heterocycles. The smallest absolute Gasteiger partial charge is 0.124 e. The van der Waals surface area contributed by atoms with Crippen molar-refractivity contribution in [3.05, 3.63) is 29.8 Å². The van der Waals surface area contributed by atoms with Crippen molar-refractivity contribution in [2.45, 2.75) is 31.9 Å². The predicted octanol–water partition coefficient (Wildman–Crippen LogP) is 2.46. The topological polar surface area (TPSA) is 33.7 Å². The summed E-state index contributed by atoms with van der Waals surface area (Å²) in [6.07, 6.45) is 0.974. The molecule has 4 heteroatoms. The highest BCUT2D eigenvalue weighted by molar-refractivity contribution is 5.38. The second-order valence-electron chi connectivity index (χ2n) is 6.53. The maximum Gasteiger partial charge on any atom is 0.124 e. The number of likely N-dealkylation sites (N-methyl/N-ethyl adjacent to an activating group) is 1. The summed E-state index contributed by atoms with van der Waals surface area (Å²) < 4.78 is 11.7. The fraction of sp³-hybridized carbons (Fsp3) is 0.647. The van der Waals surface area contributed by atoms with Crippen molar-refractivity contribution in [1.82, 2.24) is 10.2 Å².